The van der Waals surface area contributed by atoms with Crippen molar-refractivity contribution >= 4 is 0 Å². The lowest BCUT2D eigenvalue weighted by Gasteiger charge is -2.22. The van der Waals surface area contributed by atoms with Crippen LogP contribution in [0, 0.1) is 0 Å². The van der Waals surface area contributed by atoms with Crippen molar-refractivity contribution in [3.8, 4) is 0 Å². The molecule has 1 heterocycles. The molecule has 1 aliphatic rings. The molecular weight excluding hydrogens is 214 g/mol. The Kier molecular flexibility index (Phi) is 3.89. The minimum atomic E-state index is -0.0702. The largest absolute Gasteiger partial charge is 0.462 e. The Balaban J connectivity index is 1.76. The normalized spacial score (nSPS) is 16.4. The van der Waals surface area contributed by atoms with Gasteiger partial charge in [-0.05, 0) is 45.2 Å². The van der Waals surface area contributed by atoms with Gasteiger partial charge in [-0.25, -0.2) is 0 Å². The average Bonchev–Trinajstić information content (AvgIpc) is 3.03. The zero-order valence-corrected chi connectivity index (χ0v) is 11.1. The smallest absolute Gasteiger partial charge is 0.129 e. The molecule has 0 amide bonds. The van der Waals surface area contributed by atoms with Gasteiger partial charge in [0.1, 0.15) is 18.1 Å². The lowest BCUT2D eigenvalue weighted by molar-refractivity contribution is -0.0386. The van der Waals surface area contributed by atoms with Gasteiger partial charge in [0.25, 0.3) is 0 Å². The summed E-state index contributed by atoms with van der Waals surface area (Å²) in [5.41, 5.74) is -0.0702. The van der Waals surface area contributed by atoms with Crippen molar-refractivity contribution in [3.05, 3.63) is 23.7 Å². The first-order valence-electron chi connectivity index (χ1n) is 6.54. The maximum absolute atomic E-state index is 5.80. The number of furan rings is 1. The molecule has 0 unspecified atom stereocenters. The highest BCUT2D eigenvalue weighted by atomic mass is 16.5. The van der Waals surface area contributed by atoms with Gasteiger partial charge in [-0.3, -0.25) is 0 Å². The number of ether oxygens (including phenoxy) is 1. The van der Waals surface area contributed by atoms with Gasteiger partial charge in [-0.15, -0.1) is 0 Å². The number of rotatable bonds is 7. The molecule has 1 saturated carbocycles. The second-order valence-corrected chi connectivity index (χ2v) is 5.43. The predicted octanol–water partition coefficient (Wildman–Crippen LogP) is 3.24. The van der Waals surface area contributed by atoms with Crippen LogP contribution in [-0.4, -0.2) is 11.6 Å². The van der Waals surface area contributed by atoms with Crippen molar-refractivity contribution in [1.29, 1.82) is 0 Å². The van der Waals surface area contributed by atoms with Crippen molar-refractivity contribution < 1.29 is 9.15 Å². The molecule has 1 aliphatic carbocycles. The second-order valence-electron chi connectivity index (χ2n) is 5.43. The van der Waals surface area contributed by atoms with Gasteiger partial charge in [0.15, 0.2) is 0 Å². The van der Waals surface area contributed by atoms with E-state index in [0.717, 1.165) is 30.5 Å². The third kappa shape index (κ3) is 4.17. The van der Waals surface area contributed by atoms with Gasteiger partial charge in [0.05, 0.1) is 12.1 Å². The number of nitrogens with one attached hydrogen (secondary N) is 1. The first-order valence-corrected chi connectivity index (χ1v) is 6.54. The summed E-state index contributed by atoms with van der Waals surface area (Å²) in [7, 11) is 0. The summed E-state index contributed by atoms with van der Waals surface area (Å²) in [6.45, 7) is 7.73. The monoisotopic (exact) mass is 237 g/mol. The van der Waals surface area contributed by atoms with Gasteiger partial charge < -0.3 is 14.5 Å². The molecule has 0 saturated heterocycles. The molecule has 0 atom stereocenters. The highest BCUT2D eigenvalue weighted by Crippen LogP contribution is 2.20. The zero-order valence-electron chi connectivity index (χ0n) is 11.1. The van der Waals surface area contributed by atoms with E-state index in [1.807, 2.05) is 12.1 Å². The van der Waals surface area contributed by atoms with E-state index < -0.39 is 0 Å². The predicted molar refractivity (Wildman–Crippen MR) is 67.7 cm³/mol. The van der Waals surface area contributed by atoms with E-state index in [0.29, 0.717) is 6.61 Å². The molecule has 0 aromatic carbocycles. The summed E-state index contributed by atoms with van der Waals surface area (Å²) in [6.07, 6.45) is 3.62. The highest BCUT2D eigenvalue weighted by molar-refractivity contribution is 5.06. The van der Waals surface area contributed by atoms with Crippen molar-refractivity contribution in [2.45, 2.75) is 64.8 Å². The lowest BCUT2D eigenvalue weighted by Crippen LogP contribution is -2.22. The minimum absolute atomic E-state index is 0.0702. The van der Waals surface area contributed by atoms with Gasteiger partial charge in [0, 0.05) is 6.04 Å². The molecule has 2 rings (SSSR count). The van der Waals surface area contributed by atoms with Crippen LogP contribution in [0.5, 0.6) is 0 Å². The lowest BCUT2D eigenvalue weighted by atomic mass is 10.1. The second kappa shape index (κ2) is 5.23. The zero-order chi connectivity index (χ0) is 12.3. The van der Waals surface area contributed by atoms with Crippen LogP contribution in [0.4, 0.5) is 0 Å². The third-order valence-corrected chi connectivity index (χ3v) is 3.32. The molecule has 17 heavy (non-hydrogen) atoms. The summed E-state index contributed by atoms with van der Waals surface area (Å²) in [5.74, 6) is 1.92. The Morgan fingerprint density at radius 3 is 2.71 bits per heavy atom. The first kappa shape index (κ1) is 12.7. The topological polar surface area (TPSA) is 34.4 Å². The third-order valence-electron chi connectivity index (χ3n) is 3.32. The summed E-state index contributed by atoms with van der Waals surface area (Å²) >= 11 is 0. The Bertz CT molecular complexity index is 353. The van der Waals surface area contributed by atoms with E-state index in [4.69, 9.17) is 9.15 Å². The molecule has 1 aromatic rings. The standard InChI is InChI=1S/C14H23NO2/c1-4-14(2,3)16-10-13-8-7-12(17-13)9-15-11-5-6-11/h7-8,11,15H,4-6,9-10H2,1-3H3. The van der Waals surface area contributed by atoms with Gasteiger partial charge in [-0.1, -0.05) is 6.92 Å². The molecule has 1 N–H and O–H groups in total. The molecular formula is C14H23NO2. The maximum Gasteiger partial charge on any atom is 0.129 e. The van der Waals surface area contributed by atoms with Crippen LogP contribution in [0.1, 0.15) is 51.6 Å². The van der Waals surface area contributed by atoms with Crippen LogP contribution in [0.2, 0.25) is 0 Å². The van der Waals surface area contributed by atoms with Crippen LogP contribution < -0.4 is 5.32 Å². The van der Waals surface area contributed by atoms with E-state index in [9.17, 15) is 0 Å². The van der Waals surface area contributed by atoms with Crippen LogP contribution in [-0.2, 0) is 17.9 Å². The van der Waals surface area contributed by atoms with E-state index in [1.165, 1.54) is 12.8 Å². The van der Waals surface area contributed by atoms with Crippen molar-refractivity contribution in [1.82, 2.24) is 5.32 Å². The van der Waals surface area contributed by atoms with E-state index in [1.54, 1.807) is 0 Å². The van der Waals surface area contributed by atoms with Crippen molar-refractivity contribution in [2.75, 3.05) is 0 Å². The summed E-state index contributed by atoms with van der Waals surface area (Å²) < 4.78 is 11.5. The molecule has 1 aromatic heterocycles. The minimum Gasteiger partial charge on any atom is -0.462 e. The highest BCUT2D eigenvalue weighted by Gasteiger charge is 2.20. The van der Waals surface area contributed by atoms with Crippen LogP contribution in [0.3, 0.4) is 0 Å². The van der Waals surface area contributed by atoms with Gasteiger partial charge >= 0.3 is 0 Å². The quantitative estimate of drug-likeness (QED) is 0.790. The Morgan fingerprint density at radius 1 is 1.35 bits per heavy atom. The molecule has 96 valence electrons. The molecule has 3 heteroatoms. The molecule has 1 fully saturated rings. The van der Waals surface area contributed by atoms with Gasteiger partial charge in [-0.2, -0.15) is 0 Å². The van der Waals surface area contributed by atoms with Crippen LogP contribution >= 0.6 is 0 Å². The average molecular weight is 237 g/mol. The molecule has 0 radical (unpaired) electrons. The Hall–Kier alpha value is -0.800. The molecule has 0 aliphatic heterocycles. The fraction of sp³-hybridized carbons (Fsp3) is 0.714. The Labute approximate surface area is 104 Å². The van der Waals surface area contributed by atoms with Gasteiger partial charge in [0.2, 0.25) is 0 Å². The van der Waals surface area contributed by atoms with E-state index >= 15 is 0 Å². The molecule has 0 spiro atoms. The van der Waals surface area contributed by atoms with E-state index in [-0.39, 0.29) is 5.60 Å². The maximum atomic E-state index is 5.80. The van der Waals surface area contributed by atoms with Crippen LogP contribution in [0.25, 0.3) is 0 Å². The summed E-state index contributed by atoms with van der Waals surface area (Å²) in [5, 5.41) is 3.44. The van der Waals surface area contributed by atoms with Crippen LogP contribution in [0.15, 0.2) is 16.5 Å². The first-order chi connectivity index (χ1) is 8.09. The number of hydrogen-bond donors (Lipinski definition) is 1. The summed E-state index contributed by atoms with van der Waals surface area (Å²) in [6, 6.07) is 4.77. The SMILES string of the molecule is CCC(C)(C)OCc1ccc(CNC2CC2)o1. The fourth-order valence-electron chi connectivity index (χ4n) is 1.50. The Morgan fingerprint density at radius 2 is 2.06 bits per heavy atom. The van der Waals surface area contributed by atoms with Crippen molar-refractivity contribution in [2.24, 2.45) is 0 Å². The number of hydrogen-bond acceptors (Lipinski definition) is 3. The molecule has 3 nitrogen and oxygen atoms in total. The molecule has 0 bridgehead atoms. The van der Waals surface area contributed by atoms with Crippen molar-refractivity contribution in [3.63, 3.8) is 0 Å². The van der Waals surface area contributed by atoms with E-state index in [2.05, 4.69) is 26.1 Å². The fourth-order valence-corrected chi connectivity index (χ4v) is 1.50. The summed E-state index contributed by atoms with van der Waals surface area (Å²) in [4.78, 5) is 0.